The zero-order valence-corrected chi connectivity index (χ0v) is 15.8. The molecular weight excluding hydrogens is 372 g/mol. The van der Waals surface area contributed by atoms with E-state index in [4.69, 9.17) is 14.4 Å². The molecule has 0 bridgehead atoms. The Bertz CT molecular complexity index is 912. The number of para-hydroxylation sites is 1. The third-order valence-corrected chi connectivity index (χ3v) is 5.41. The van der Waals surface area contributed by atoms with Crippen molar-refractivity contribution in [2.24, 2.45) is 11.1 Å². The minimum Gasteiger partial charge on any atom is -0.496 e. The van der Waals surface area contributed by atoms with Crippen LogP contribution in [-0.2, 0) is 21.2 Å². The summed E-state index contributed by atoms with van der Waals surface area (Å²) in [6, 6.07) is 7.33. The number of ether oxygens (including phenoxy) is 1. The Labute approximate surface area is 157 Å². The Hall–Kier alpha value is -2.46. The highest BCUT2D eigenvalue weighted by Crippen LogP contribution is 2.27. The fraction of sp³-hybridized carbons (Fsp3) is 0.471. The first-order valence-electron chi connectivity index (χ1n) is 8.60. The van der Waals surface area contributed by atoms with E-state index in [-0.39, 0.29) is 24.0 Å². The first-order valence-corrected chi connectivity index (χ1v) is 10.3. The maximum absolute atomic E-state index is 12.3. The van der Waals surface area contributed by atoms with E-state index in [0.717, 1.165) is 0 Å². The van der Waals surface area contributed by atoms with E-state index in [1.165, 1.54) is 0 Å². The van der Waals surface area contributed by atoms with E-state index in [1.807, 2.05) is 18.2 Å². The molecule has 3 rings (SSSR count). The lowest BCUT2D eigenvalue weighted by Crippen LogP contribution is -2.31. The monoisotopic (exact) mass is 394 g/mol. The van der Waals surface area contributed by atoms with Crippen LogP contribution >= 0.6 is 0 Å². The van der Waals surface area contributed by atoms with Gasteiger partial charge in [-0.05, 0) is 24.5 Å². The molecule has 146 valence electrons. The number of hydrogen-bond acceptors (Lipinski definition) is 7. The molecule has 1 amide bonds. The molecule has 0 spiro atoms. The van der Waals surface area contributed by atoms with Crippen LogP contribution in [0.2, 0.25) is 0 Å². The second-order valence-electron chi connectivity index (χ2n) is 6.54. The van der Waals surface area contributed by atoms with Gasteiger partial charge in [0.2, 0.25) is 27.6 Å². The van der Waals surface area contributed by atoms with Gasteiger partial charge in [-0.2, -0.15) is 4.98 Å². The molecule has 2 aromatic rings. The highest BCUT2D eigenvalue weighted by Gasteiger charge is 2.28. The van der Waals surface area contributed by atoms with Crippen molar-refractivity contribution in [3.05, 3.63) is 30.2 Å². The quantitative estimate of drug-likeness (QED) is 0.736. The summed E-state index contributed by atoms with van der Waals surface area (Å²) in [4.78, 5) is 18.3. The number of hydrogen-bond donors (Lipinski definition) is 1. The largest absolute Gasteiger partial charge is 0.496 e. The number of methoxy groups -OCH3 is 1. The van der Waals surface area contributed by atoms with Crippen LogP contribution in [0.1, 0.15) is 18.7 Å². The van der Waals surface area contributed by atoms with E-state index in [1.54, 1.807) is 18.1 Å². The standard InChI is InChI=1S/C17H22N4O5S/c1-25-14-5-3-2-4-13(14)17-19-15(26-20-17)6-7-16(22)21-9-8-12(10-21)11-27(18,23)24/h2-5,12H,6-11H2,1H3,(H2,18,23,24)/t12-/m1/s1. The number of primary sulfonamides is 1. The number of nitrogens with two attached hydrogens (primary N) is 1. The van der Waals surface area contributed by atoms with Crippen molar-refractivity contribution in [3.8, 4) is 17.1 Å². The highest BCUT2D eigenvalue weighted by atomic mass is 32.2. The van der Waals surface area contributed by atoms with Crippen molar-refractivity contribution in [3.63, 3.8) is 0 Å². The molecule has 1 aliphatic heterocycles. The molecule has 0 aliphatic carbocycles. The van der Waals surface area contributed by atoms with Gasteiger partial charge in [0.1, 0.15) is 5.75 Å². The van der Waals surface area contributed by atoms with Gasteiger partial charge in [0.25, 0.3) is 0 Å². The Kier molecular flexibility index (Phi) is 5.76. The van der Waals surface area contributed by atoms with Gasteiger partial charge in [-0.3, -0.25) is 4.79 Å². The molecule has 0 saturated carbocycles. The fourth-order valence-electron chi connectivity index (χ4n) is 3.19. The molecule has 0 unspecified atom stereocenters. The van der Waals surface area contributed by atoms with E-state index in [2.05, 4.69) is 10.1 Å². The van der Waals surface area contributed by atoms with Gasteiger partial charge in [0.15, 0.2) is 0 Å². The normalized spacial score (nSPS) is 17.3. The smallest absolute Gasteiger partial charge is 0.227 e. The average molecular weight is 394 g/mol. The molecule has 2 N–H and O–H groups in total. The van der Waals surface area contributed by atoms with E-state index in [0.29, 0.717) is 49.0 Å². The first-order chi connectivity index (χ1) is 12.9. The Morgan fingerprint density at radius 1 is 1.41 bits per heavy atom. The zero-order chi connectivity index (χ0) is 19.4. The molecule has 1 atom stereocenters. The molecule has 1 fully saturated rings. The van der Waals surface area contributed by atoms with Gasteiger partial charge in [0, 0.05) is 25.9 Å². The Morgan fingerprint density at radius 3 is 2.93 bits per heavy atom. The van der Waals surface area contributed by atoms with Crippen molar-refractivity contribution in [2.75, 3.05) is 26.0 Å². The van der Waals surface area contributed by atoms with Crippen LogP contribution in [0.15, 0.2) is 28.8 Å². The third kappa shape index (κ3) is 5.04. The van der Waals surface area contributed by atoms with Crippen molar-refractivity contribution in [2.45, 2.75) is 19.3 Å². The SMILES string of the molecule is COc1ccccc1-c1noc(CCC(=O)N2CC[C@@H](CS(N)(=O)=O)C2)n1. The number of likely N-dealkylation sites (tertiary alicyclic amines) is 1. The van der Waals surface area contributed by atoms with Crippen molar-refractivity contribution in [1.29, 1.82) is 0 Å². The summed E-state index contributed by atoms with van der Waals surface area (Å²) in [7, 11) is -1.96. The number of nitrogens with zero attached hydrogens (tertiary/aromatic N) is 3. The second-order valence-corrected chi connectivity index (χ2v) is 8.20. The lowest BCUT2D eigenvalue weighted by atomic mass is 10.2. The number of carbonyl (C=O) groups excluding carboxylic acids is 1. The molecule has 0 radical (unpaired) electrons. The van der Waals surface area contributed by atoms with E-state index in [9.17, 15) is 13.2 Å². The van der Waals surface area contributed by atoms with Crippen LogP contribution in [0.3, 0.4) is 0 Å². The minimum absolute atomic E-state index is 0.0658. The Balaban J connectivity index is 1.55. The van der Waals surface area contributed by atoms with Crippen LogP contribution < -0.4 is 9.88 Å². The van der Waals surface area contributed by atoms with Gasteiger partial charge < -0.3 is 14.2 Å². The molecule has 1 aliphatic rings. The van der Waals surface area contributed by atoms with Crippen molar-refractivity contribution >= 4 is 15.9 Å². The first kappa shape index (κ1) is 19.3. The fourth-order valence-corrected chi connectivity index (χ4v) is 4.12. The zero-order valence-electron chi connectivity index (χ0n) is 15.0. The molecule has 9 nitrogen and oxygen atoms in total. The predicted molar refractivity (Wildman–Crippen MR) is 97.3 cm³/mol. The van der Waals surface area contributed by atoms with Crippen molar-refractivity contribution in [1.82, 2.24) is 15.0 Å². The number of carbonyl (C=O) groups is 1. The number of aromatic nitrogens is 2. The third-order valence-electron chi connectivity index (χ3n) is 4.48. The van der Waals surface area contributed by atoms with E-state index >= 15 is 0 Å². The summed E-state index contributed by atoms with van der Waals surface area (Å²) in [5.41, 5.74) is 0.715. The summed E-state index contributed by atoms with van der Waals surface area (Å²) in [5.74, 6) is 1.14. The minimum atomic E-state index is -3.52. The van der Waals surface area contributed by atoms with Gasteiger partial charge in [-0.15, -0.1) is 0 Å². The molecule has 1 saturated heterocycles. The summed E-state index contributed by atoms with van der Waals surface area (Å²) in [5, 5.41) is 9.03. The van der Waals surface area contributed by atoms with Crippen LogP contribution in [0.4, 0.5) is 0 Å². The Morgan fingerprint density at radius 2 is 2.19 bits per heavy atom. The van der Waals surface area contributed by atoms with Crippen LogP contribution in [-0.4, -0.2) is 55.3 Å². The number of amides is 1. The number of sulfonamides is 1. The topological polar surface area (TPSA) is 129 Å². The van der Waals surface area contributed by atoms with Gasteiger partial charge in [-0.25, -0.2) is 13.6 Å². The molecule has 1 aromatic carbocycles. The average Bonchev–Trinajstić information content (AvgIpc) is 3.27. The van der Waals surface area contributed by atoms with Gasteiger partial charge >= 0.3 is 0 Å². The van der Waals surface area contributed by atoms with Gasteiger partial charge in [-0.1, -0.05) is 17.3 Å². The van der Waals surface area contributed by atoms with E-state index < -0.39 is 10.0 Å². The van der Waals surface area contributed by atoms with Crippen LogP contribution in [0, 0.1) is 5.92 Å². The maximum Gasteiger partial charge on any atom is 0.227 e. The maximum atomic E-state index is 12.3. The number of aryl methyl sites for hydroxylation is 1. The molecule has 10 heteroatoms. The summed E-state index contributed by atoms with van der Waals surface area (Å²) >= 11 is 0. The summed E-state index contributed by atoms with van der Waals surface area (Å²) in [6.45, 7) is 0.945. The van der Waals surface area contributed by atoms with Gasteiger partial charge in [0.05, 0.1) is 18.4 Å². The second kappa shape index (κ2) is 8.05. The molecule has 27 heavy (non-hydrogen) atoms. The number of benzene rings is 1. The highest BCUT2D eigenvalue weighted by molar-refractivity contribution is 7.89. The predicted octanol–water partition coefficient (Wildman–Crippen LogP) is 0.815. The van der Waals surface area contributed by atoms with Crippen LogP contribution in [0.5, 0.6) is 5.75 Å². The molecule has 2 heterocycles. The summed E-state index contributed by atoms with van der Waals surface area (Å²) in [6.07, 6.45) is 1.17. The number of rotatable bonds is 7. The molecular formula is C17H22N4O5S. The lowest BCUT2D eigenvalue weighted by molar-refractivity contribution is -0.130. The summed E-state index contributed by atoms with van der Waals surface area (Å²) < 4.78 is 32.9. The molecule has 1 aromatic heterocycles. The van der Waals surface area contributed by atoms with Crippen LogP contribution in [0.25, 0.3) is 11.4 Å². The lowest BCUT2D eigenvalue weighted by Gasteiger charge is -2.15. The van der Waals surface area contributed by atoms with Crippen molar-refractivity contribution < 1.29 is 22.5 Å².